The first kappa shape index (κ1) is 22.1. The molecule has 2 aromatic carbocycles. The van der Waals surface area contributed by atoms with Crippen LogP contribution in [0.15, 0.2) is 48.5 Å². The summed E-state index contributed by atoms with van der Waals surface area (Å²) in [5, 5.41) is 9.05. The molecule has 0 bridgehead atoms. The highest BCUT2D eigenvalue weighted by Crippen LogP contribution is 2.33. The molecular formula is C22H27F3O3. The summed E-state index contributed by atoms with van der Waals surface area (Å²) in [4.78, 5) is 0. The molecule has 1 unspecified atom stereocenters. The summed E-state index contributed by atoms with van der Waals surface area (Å²) in [5.41, 5.74) is 1.73. The van der Waals surface area contributed by atoms with E-state index in [-0.39, 0.29) is 23.7 Å². The molecule has 0 amide bonds. The Balaban J connectivity index is 2.05. The van der Waals surface area contributed by atoms with E-state index in [2.05, 4.69) is 13.8 Å². The highest BCUT2D eigenvalue weighted by molar-refractivity contribution is 5.41. The Morgan fingerprint density at radius 2 is 1.36 bits per heavy atom. The van der Waals surface area contributed by atoms with Crippen molar-refractivity contribution in [3.05, 3.63) is 59.7 Å². The van der Waals surface area contributed by atoms with Crippen LogP contribution < -0.4 is 9.47 Å². The zero-order chi connectivity index (χ0) is 20.8. The first-order valence-electron chi connectivity index (χ1n) is 9.19. The number of hydrogen-bond acceptors (Lipinski definition) is 3. The second-order valence-corrected chi connectivity index (χ2v) is 7.55. The molecule has 0 aromatic heterocycles. The Bertz CT molecular complexity index is 728. The zero-order valence-corrected chi connectivity index (χ0v) is 16.4. The van der Waals surface area contributed by atoms with Gasteiger partial charge >= 0.3 is 5.92 Å². The van der Waals surface area contributed by atoms with E-state index in [0.717, 1.165) is 16.9 Å². The highest BCUT2D eigenvalue weighted by atomic mass is 19.3. The zero-order valence-electron chi connectivity index (χ0n) is 16.4. The Kier molecular flexibility index (Phi) is 7.35. The fourth-order valence-corrected chi connectivity index (χ4v) is 2.62. The third-order valence-corrected chi connectivity index (χ3v) is 4.64. The number of aliphatic hydroxyl groups excluding tert-OH is 1. The predicted molar refractivity (Wildman–Crippen MR) is 103 cm³/mol. The van der Waals surface area contributed by atoms with E-state index in [9.17, 15) is 13.2 Å². The van der Waals surface area contributed by atoms with Gasteiger partial charge in [-0.3, -0.25) is 0 Å². The first-order valence-corrected chi connectivity index (χ1v) is 9.19. The van der Waals surface area contributed by atoms with Crippen molar-refractivity contribution in [2.75, 3.05) is 26.5 Å². The maximum atomic E-state index is 13.0. The van der Waals surface area contributed by atoms with Gasteiger partial charge in [-0.15, -0.1) is 0 Å². The number of alkyl halides is 3. The second kappa shape index (κ2) is 9.32. The van der Waals surface area contributed by atoms with Crippen LogP contribution >= 0.6 is 0 Å². The molecule has 0 saturated heterocycles. The number of hydrogen-bond donors (Lipinski definition) is 1. The molecule has 0 saturated carbocycles. The van der Waals surface area contributed by atoms with Gasteiger partial charge in [-0.2, -0.15) is 8.78 Å². The van der Waals surface area contributed by atoms with E-state index in [1.54, 1.807) is 12.1 Å². The largest absolute Gasteiger partial charge is 0.493 e. The smallest absolute Gasteiger partial charge is 0.309 e. The number of benzene rings is 2. The molecular weight excluding hydrogens is 369 g/mol. The number of ether oxygens (including phenoxy) is 2. The van der Waals surface area contributed by atoms with E-state index in [1.807, 2.05) is 43.3 Å². The lowest BCUT2D eigenvalue weighted by atomic mass is 9.78. The minimum Gasteiger partial charge on any atom is -0.493 e. The molecule has 154 valence electrons. The van der Waals surface area contributed by atoms with E-state index in [0.29, 0.717) is 6.61 Å². The summed E-state index contributed by atoms with van der Waals surface area (Å²) < 4.78 is 48.7. The molecule has 0 aliphatic heterocycles. The average Bonchev–Trinajstić information content (AvgIpc) is 2.71. The fourth-order valence-electron chi connectivity index (χ4n) is 2.62. The van der Waals surface area contributed by atoms with Gasteiger partial charge in [-0.25, -0.2) is 4.39 Å². The molecule has 0 aliphatic rings. The van der Waals surface area contributed by atoms with Crippen LogP contribution in [-0.2, 0) is 5.41 Å². The lowest BCUT2D eigenvalue weighted by Crippen LogP contribution is -2.27. The van der Waals surface area contributed by atoms with Gasteiger partial charge in [0.25, 0.3) is 0 Å². The Labute approximate surface area is 164 Å². The Morgan fingerprint density at radius 3 is 1.79 bits per heavy atom. The Hall–Kier alpha value is -2.21. The fraction of sp³-hybridized carbons (Fsp3) is 0.455. The number of aliphatic hydroxyl groups is 1. The summed E-state index contributed by atoms with van der Waals surface area (Å²) in [6.07, 6.45) is 0. The van der Waals surface area contributed by atoms with Gasteiger partial charge in [0, 0.05) is 17.9 Å². The van der Waals surface area contributed by atoms with Crippen LogP contribution in [0, 0.1) is 5.92 Å². The monoisotopic (exact) mass is 396 g/mol. The summed E-state index contributed by atoms with van der Waals surface area (Å²) in [5.74, 6) is -2.40. The van der Waals surface area contributed by atoms with Crippen molar-refractivity contribution in [1.29, 1.82) is 0 Å². The number of halogens is 3. The summed E-state index contributed by atoms with van der Waals surface area (Å²) in [7, 11) is 0. The minimum absolute atomic E-state index is 0.0710. The molecule has 0 aliphatic carbocycles. The lowest BCUT2D eigenvalue weighted by Gasteiger charge is -2.26. The average molecular weight is 396 g/mol. The number of rotatable bonds is 10. The van der Waals surface area contributed by atoms with Crippen molar-refractivity contribution in [3.63, 3.8) is 0 Å². The van der Waals surface area contributed by atoms with Crippen molar-refractivity contribution < 1.29 is 27.8 Å². The maximum Gasteiger partial charge on any atom is 0.309 e. The molecule has 0 fully saturated rings. The molecule has 1 N–H and O–H groups in total. The standard InChI is InChI=1S/C22H27F3O3/c1-16(12-26)13-27-19-8-4-17(5-9-19)21(2,3)18-6-10-20(11-7-18)28-15-22(24,25)14-23/h4-11,16,26H,12-15H2,1-3H3. The van der Waals surface area contributed by atoms with E-state index in [4.69, 9.17) is 14.6 Å². The molecule has 6 heteroatoms. The van der Waals surface area contributed by atoms with Crippen LogP contribution in [-0.4, -0.2) is 37.5 Å². The van der Waals surface area contributed by atoms with Gasteiger partial charge in [0.05, 0.1) is 6.61 Å². The third kappa shape index (κ3) is 5.89. The lowest BCUT2D eigenvalue weighted by molar-refractivity contribution is -0.0584. The van der Waals surface area contributed by atoms with Crippen LogP contribution in [0.5, 0.6) is 11.5 Å². The quantitative estimate of drug-likeness (QED) is 0.614. The van der Waals surface area contributed by atoms with Gasteiger partial charge in [-0.05, 0) is 35.4 Å². The third-order valence-electron chi connectivity index (χ3n) is 4.64. The van der Waals surface area contributed by atoms with Gasteiger partial charge in [0.2, 0.25) is 0 Å². The highest BCUT2D eigenvalue weighted by Gasteiger charge is 2.30. The van der Waals surface area contributed by atoms with Gasteiger partial charge in [0.15, 0.2) is 13.3 Å². The van der Waals surface area contributed by atoms with Crippen molar-refractivity contribution in [2.45, 2.75) is 32.1 Å². The summed E-state index contributed by atoms with van der Waals surface area (Å²) in [6.45, 7) is 3.83. The Morgan fingerprint density at radius 1 is 0.893 bits per heavy atom. The van der Waals surface area contributed by atoms with Crippen molar-refractivity contribution in [3.8, 4) is 11.5 Å². The molecule has 2 aromatic rings. The minimum atomic E-state index is -3.48. The van der Waals surface area contributed by atoms with E-state index >= 15 is 0 Å². The molecule has 3 nitrogen and oxygen atoms in total. The molecule has 28 heavy (non-hydrogen) atoms. The summed E-state index contributed by atoms with van der Waals surface area (Å²) >= 11 is 0. The second-order valence-electron chi connectivity index (χ2n) is 7.55. The molecule has 1 atom stereocenters. The van der Waals surface area contributed by atoms with Crippen LogP contribution in [0.3, 0.4) is 0 Å². The van der Waals surface area contributed by atoms with E-state index in [1.165, 1.54) is 0 Å². The normalized spacial score (nSPS) is 13.2. The van der Waals surface area contributed by atoms with Gasteiger partial charge in [-0.1, -0.05) is 45.0 Å². The van der Waals surface area contributed by atoms with E-state index < -0.39 is 19.2 Å². The van der Waals surface area contributed by atoms with Gasteiger partial charge < -0.3 is 14.6 Å². The molecule has 2 rings (SSSR count). The van der Waals surface area contributed by atoms with Crippen molar-refractivity contribution >= 4 is 0 Å². The SMILES string of the molecule is CC(CO)COc1ccc(C(C)(C)c2ccc(OCC(F)(F)CF)cc2)cc1. The molecule has 0 heterocycles. The van der Waals surface area contributed by atoms with Crippen molar-refractivity contribution in [2.24, 2.45) is 5.92 Å². The van der Waals surface area contributed by atoms with Crippen LogP contribution in [0.25, 0.3) is 0 Å². The van der Waals surface area contributed by atoms with Crippen molar-refractivity contribution in [1.82, 2.24) is 0 Å². The molecule has 0 spiro atoms. The maximum absolute atomic E-state index is 13.0. The first-order chi connectivity index (χ1) is 13.2. The summed E-state index contributed by atoms with van der Waals surface area (Å²) in [6, 6.07) is 14.6. The van der Waals surface area contributed by atoms with Crippen LogP contribution in [0.1, 0.15) is 31.9 Å². The van der Waals surface area contributed by atoms with Crippen LogP contribution in [0.4, 0.5) is 13.2 Å². The van der Waals surface area contributed by atoms with Crippen LogP contribution in [0.2, 0.25) is 0 Å². The topological polar surface area (TPSA) is 38.7 Å². The van der Waals surface area contributed by atoms with Gasteiger partial charge in [0.1, 0.15) is 11.5 Å². The molecule has 0 radical (unpaired) electrons. The predicted octanol–water partition coefficient (Wildman–Crippen LogP) is 5.00.